The molecule has 0 spiro atoms. The number of carbonyl (C=O) groups excluding carboxylic acids is 1. The molecule has 150 valence electrons. The van der Waals surface area contributed by atoms with Crippen molar-refractivity contribution in [1.82, 2.24) is 14.2 Å². The standard InChI is InChI=1S/C17H20N4O5S2/c1-12(22)19-17-18-9-16(27-17)28(23,24)21-6-4-20(5-7-21)10-13-2-3-14-15(8-13)26-11-25-14/h2-3,8-9H,4-7,10-11H2,1H3,(H,18,19,22). The number of carbonyl (C=O) groups is 1. The van der Waals surface area contributed by atoms with Gasteiger partial charge in [-0.05, 0) is 17.7 Å². The lowest BCUT2D eigenvalue weighted by Crippen LogP contribution is -2.48. The molecule has 2 aromatic rings. The summed E-state index contributed by atoms with van der Waals surface area (Å²) in [6.45, 7) is 4.39. The first kappa shape index (κ1) is 19.1. The summed E-state index contributed by atoms with van der Waals surface area (Å²) in [6.07, 6.45) is 1.30. The first-order valence-electron chi connectivity index (χ1n) is 8.76. The van der Waals surface area contributed by atoms with E-state index in [2.05, 4.69) is 15.2 Å². The van der Waals surface area contributed by atoms with Crippen LogP contribution in [0.15, 0.2) is 28.6 Å². The summed E-state index contributed by atoms with van der Waals surface area (Å²) in [5, 5.41) is 2.80. The normalized spacial score (nSPS) is 17.6. The number of fused-ring (bicyclic) bond motifs is 1. The number of anilines is 1. The Bertz CT molecular complexity index is 983. The molecule has 0 radical (unpaired) electrons. The van der Waals surface area contributed by atoms with Crippen LogP contribution in [-0.4, -0.2) is 61.5 Å². The van der Waals surface area contributed by atoms with Gasteiger partial charge in [-0.15, -0.1) is 0 Å². The van der Waals surface area contributed by atoms with Crippen molar-refractivity contribution in [2.75, 3.05) is 38.3 Å². The van der Waals surface area contributed by atoms with Crippen LogP contribution in [0.5, 0.6) is 11.5 Å². The number of hydrogen-bond acceptors (Lipinski definition) is 8. The van der Waals surface area contributed by atoms with Gasteiger partial charge in [0.1, 0.15) is 0 Å². The van der Waals surface area contributed by atoms with Gasteiger partial charge in [0.2, 0.25) is 12.7 Å². The number of piperazine rings is 1. The lowest BCUT2D eigenvalue weighted by molar-refractivity contribution is -0.114. The van der Waals surface area contributed by atoms with E-state index in [1.807, 2.05) is 18.2 Å². The SMILES string of the molecule is CC(=O)Nc1ncc(S(=O)(=O)N2CCN(Cc3ccc4c(c3)OCO4)CC2)s1. The highest BCUT2D eigenvalue weighted by molar-refractivity contribution is 7.91. The molecule has 1 fully saturated rings. The molecule has 9 nitrogen and oxygen atoms in total. The maximum absolute atomic E-state index is 12.8. The number of hydrogen-bond donors (Lipinski definition) is 1. The molecule has 11 heteroatoms. The Kier molecular flexibility index (Phi) is 5.23. The second-order valence-corrected chi connectivity index (χ2v) is 9.73. The zero-order valence-corrected chi connectivity index (χ0v) is 16.9. The summed E-state index contributed by atoms with van der Waals surface area (Å²) in [4.78, 5) is 17.3. The smallest absolute Gasteiger partial charge is 0.254 e. The molecule has 1 N–H and O–H groups in total. The summed E-state index contributed by atoms with van der Waals surface area (Å²) < 4.78 is 38.0. The number of nitrogens with zero attached hydrogens (tertiary/aromatic N) is 3. The average molecular weight is 425 g/mol. The van der Waals surface area contributed by atoms with Crippen LogP contribution >= 0.6 is 11.3 Å². The molecule has 28 heavy (non-hydrogen) atoms. The first-order chi connectivity index (χ1) is 13.4. The fraction of sp³-hybridized carbons (Fsp3) is 0.412. The monoisotopic (exact) mass is 424 g/mol. The number of sulfonamides is 1. The Morgan fingerprint density at radius 2 is 1.96 bits per heavy atom. The van der Waals surface area contributed by atoms with Crippen LogP contribution in [0.1, 0.15) is 12.5 Å². The van der Waals surface area contributed by atoms with Gasteiger partial charge in [-0.25, -0.2) is 13.4 Å². The lowest BCUT2D eigenvalue weighted by Gasteiger charge is -2.33. The minimum Gasteiger partial charge on any atom is -0.454 e. The summed E-state index contributed by atoms with van der Waals surface area (Å²) in [5.41, 5.74) is 1.10. The van der Waals surface area contributed by atoms with Crippen LogP contribution in [0.3, 0.4) is 0 Å². The summed E-state index contributed by atoms with van der Waals surface area (Å²) in [7, 11) is -3.61. The van der Waals surface area contributed by atoms with Crippen LogP contribution in [-0.2, 0) is 21.4 Å². The number of ether oxygens (including phenoxy) is 2. The van der Waals surface area contributed by atoms with Crippen LogP contribution < -0.4 is 14.8 Å². The molecule has 4 rings (SSSR count). The van der Waals surface area contributed by atoms with Crippen molar-refractivity contribution in [2.45, 2.75) is 17.7 Å². The van der Waals surface area contributed by atoms with Gasteiger partial charge in [0.05, 0.1) is 6.20 Å². The Labute approximate surface area is 166 Å². The van der Waals surface area contributed by atoms with Gasteiger partial charge < -0.3 is 14.8 Å². The predicted octanol–water partition coefficient (Wildman–Crippen LogP) is 1.34. The van der Waals surface area contributed by atoms with Crippen molar-refractivity contribution in [1.29, 1.82) is 0 Å². The highest BCUT2D eigenvalue weighted by Crippen LogP contribution is 2.33. The molecule has 0 bridgehead atoms. The Balaban J connectivity index is 1.36. The molecule has 1 saturated heterocycles. The van der Waals surface area contributed by atoms with Crippen LogP contribution in [0.4, 0.5) is 5.13 Å². The Hall–Kier alpha value is -2.21. The van der Waals surface area contributed by atoms with E-state index in [-0.39, 0.29) is 22.0 Å². The molecule has 3 heterocycles. The number of thiazole rings is 1. The van der Waals surface area contributed by atoms with E-state index in [9.17, 15) is 13.2 Å². The third-order valence-electron chi connectivity index (χ3n) is 4.54. The molecular formula is C17H20N4O5S2. The number of amides is 1. The van der Waals surface area contributed by atoms with E-state index >= 15 is 0 Å². The second-order valence-electron chi connectivity index (χ2n) is 6.53. The second kappa shape index (κ2) is 7.66. The van der Waals surface area contributed by atoms with Crippen molar-refractivity contribution in [2.24, 2.45) is 0 Å². The van der Waals surface area contributed by atoms with Crippen molar-refractivity contribution in [3.05, 3.63) is 30.0 Å². The van der Waals surface area contributed by atoms with E-state index in [4.69, 9.17) is 9.47 Å². The molecule has 2 aliphatic heterocycles. The zero-order chi connectivity index (χ0) is 19.7. The van der Waals surface area contributed by atoms with Crippen molar-refractivity contribution in [3.63, 3.8) is 0 Å². The predicted molar refractivity (Wildman–Crippen MR) is 103 cm³/mol. The minimum atomic E-state index is -3.61. The zero-order valence-electron chi connectivity index (χ0n) is 15.3. The van der Waals surface area contributed by atoms with Crippen molar-refractivity contribution in [3.8, 4) is 11.5 Å². The van der Waals surface area contributed by atoms with Gasteiger partial charge in [-0.2, -0.15) is 4.31 Å². The van der Waals surface area contributed by atoms with Gasteiger partial charge in [-0.3, -0.25) is 9.69 Å². The summed E-state index contributed by atoms with van der Waals surface area (Å²) in [6, 6.07) is 5.86. The van der Waals surface area contributed by atoms with E-state index in [1.54, 1.807) is 0 Å². The quantitative estimate of drug-likeness (QED) is 0.773. The lowest BCUT2D eigenvalue weighted by atomic mass is 10.2. The molecule has 0 aliphatic carbocycles. The molecule has 0 saturated carbocycles. The topological polar surface area (TPSA) is 101 Å². The molecule has 0 atom stereocenters. The molecule has 1 aromatic heterocycles. The first-order valence-corrected chi connectivity index (χ1v) is 11.0. The number of nitrogens with one attached hydrogen (secondary N) is 1. The van der Waals surface area contributed by atoms with Crippen molar-refractivity contribution < 1.29 is 22.7 Å². The number of aromatic nitrogens is 1. The molecule has 1 amide bonds. The molecule has 1 aromatic carbocycles. The van der Waals surface area contributed by atoms with Gasteiger partial charge in [0, 0.05) is 39.6 Å². The van der Waals surface area contributed by atoms with Crippen LogP contribution in [0.2, 0.25) is 0 Å². The highest BCUT2D eigenvalue weighted by Gasteiger charge is 2.30. The Morgan fingerprint density at radius 3 is 2.71 bits per heavy atom. The average Bonchev–Trinajstić information content (AvgIpc) is 3.31. The fourth-order valence-electron chi connectivity index (χ4n) is 3.14. The summed E-state index contributed by atoms with van der Waals surface area (Å²) >= 11 is 0.965. The third-order valence-corrected chi connectivity index (χ3v) is 7.78. The van der Waals surface area contributed by atoms with Gasteiger partial charge in [0.25, 0.3) is 10.0 Å². The molecular weight excluding hydrogens is 404 g/mol. The van der Waals surface area contributed by atoms with Crippen molar-refractivity contribution >= 4 is 32.4 Å². The highest BCUT2D eigenvalue weighted by atomic mass is 32.2. The van der Waals surface area contributed by atoms with E-state index < -0.39 is 10.0 Å². The molecule has 2 aliphatic rings. The molecule has 0 unspecified atom stereocenters. The fourth-order valence-corrected chi connectivity index (χ4v) is 5.79. The van der Waals surface area contributed by atoms with Crippen LogP contribution in [0, 0.1) is 0 Å². The van der Waals surface area contributed by atoms with Gasteiger partial charge >= 0.3 is 0 Å². The van der Waals surface area contributed by atoms with E-state index in [0.29, 0.717) is 26.2 Å². The van der Waals surface area contributed by atoms with Gasteiger partial charge in [0.15, 0.2) is 20.8 Å². The van der Waals surface area contributed by atoms with Gasteiger partial charge in [-0.1, -0.05) is 17.4 Å². The largest absolute Gasteiger partial charge is 0.454 e. The van der Waals surface area contributed by atoms with Crippen LogP contribution in [0.25, 0.3) is 0 Å². The maximum Gasteiger partial charge on any atom is 0.254 e. The maximum atomic E-state index is 12.8. The van der Waals surface area contributed by atoms with E-state index in [0.717, 1.165) is 34.9 Å². The number of benzene rings is 1. The van der Waals surface area contributed by atoms with E-state index in [1.165, 1.54) is 17.4 Å². The number of rotatable bonds is 5. The third kappa shape index (κ3) is 3.97. The summed E-state index contributed by atoms with van der Waals surface area (Å²) in [5.74, 6) is 1.22. The Morgan fingerprint density at radius 1 is 1.21 bits per heavy atom. The minimum absolute atomic E-state index is 0.139.